The number of fused-ring (bicyclic) bond motifs is 3. The maximum absolute atomic E-state index is 14.5. The molecule has 3 aromatic rings. The van der Waals surface area contributed by atoms with Crippen molar-refractivity contribution in [1.82, 2.24) is 10.2 Å². The van der Waals surface area contributed by atoms with E-state index in [0.29, 0.717) is 53.7 Å². The van der Waals surface area contributed by atoms with Crippen LogP contribution in [0.1, 0.15) is 72.3 Å². The standard InChI is InChI=1S/C45H53N3O10/c1-4-22-56-45-40(48(2)43(51)31-16-18-38-39(24-31)55-28-54-38)26-36(47-53-3)34-23-30(14-8-10-20-49)33(15-9-11-21-50)41(42(34)45)35-25-32(17-19-37(35)58-45)57-44(52)46-27-29-12-6-5-7-13-29/h4-7,12-13,16-19,23-25,30,33,40-42,49-50H,1,8-11,14-15,20-22,26-28H2,2-3H3,(H,46,52)/t30-,33+,40-,41+,42+,45+/m0/s1. The molecule has 2 aliphatic carbocycles. The molecular formula is C45H53N3O10. The van der Waals surface area contributed by atoms with Crippen LogP contribution in [0.4, 0.5) is 4.79 Å². The number of hydrogen-bond donors (Lipinski definition) is 3. The smallest absolute Gasteiger partial charge is 0.412 e. The number of carbonyl (C=O) groups is 2. The van der Waals surface area contributed by atoms with Crippen LogP contribution in [0.15, 0.2) is 96.2 Å². The lowest BCUT2D eigenvalue weighted by atomic mass is 9.55. The van der Waals surface area contributed by atoms with E-state index >= 15 is 0 Å². The Labute approximate surface area is 339 Å². The third-order valence-corrected chi connectivity index (χ3v) is 11.7. The Bertz CT molecular complexity index is 2000. The summed E-state index contributed by atoms with van der Waals surface area (Å²) >= 11 is 0. The van der Waals surface area contributed by atoms with E-state index in [-0.39, 0.29) is 56.7 Å². The van der Waals surface area contributed by atoms with Gasteiger partial charge >= 0.3 is 6.09 Å². The van der Waals surface area contributed by atoms with Gasteiger partial charge in [-0.2, -0.15) is 0 Å². The average molecular weight is 796 g/mol. The third kappa shape index (κ3) is 8.29. The molecule has 6 atom stereocenters. The van der Waals surface area contributed by atoms with Crippen LogP contribution in [0.25, 0.3) is 0 Å². The molecule has 3 N–H and O–H groups in total. The summed E-state index contributed by atoms with van der Waals surface area (Å²) in [6.07, 6.45) is 8.04. The van der Waals surface area contributed by atoms with E-state index in [1.807, 2.05) is 42.5 Å². The fourth-order valence-corrected chi connectivity index (χ4v) is 9.19. The molecule has 0 bridgehead atoms. The second-order valence-corrected chi connectivity index (χ2v) is 15.2. The number of nitrogens with zero attached hydrogens (tertiary/aromatic N) is 2. The number of carbonyl (C=O) groups excluding carboxylic acids is 2. The zero-order valence-electron chi connectivity index (χ0n) is 33.1. The van der Waals surface area contributed by atoms with Crippen LogP contribution < -0.4 is 24.3 Å². The molecule has 0 radical (unpaired) electrons. The normalized spacial score (nSPS) is 24.4. The zero-order valence-corrected chi connectivity index (χ0v) is 33.1. The summed E-state index contributed by atoms with van der Waals surface area (Å²) in [6.45, 7) is 4.65. The molecule has 58 heavy (non-hydrogen) atoms. The molecular weight excluding hydrogens is 743 g/mol. The SMILES string of the molecule is C=CCO[C@@]12Oc3ccc(OC(=O)NCc4ccccc4)cc3[C@H]3[C@H](CCCCO)[C@@H](CCCCO)C=C(C(=NOC)C[C@@H]1N(C)C(=O)c1ccc4c(c1)OCO4)[C@H]32. The topological polar surface area (TPSA) is 158 Å². The summed E-state index contributed by atoms with van der Waals surface area (Å²) in [4.78, 5) is 34.9. The highest BCUT2D eigenvalue weighted by atomic mass is 16.7. The van der Waals surface area contributed by atoms with Crippen molar-refractivity contribution in [1.29, 1.82) is 0 Å². The number of ether oxygens (including phenoxy) is 5. The summed E-state index contributed by atoms with van der Waals surface area (Å²) < 4.78 is 31.1. The Morgan fingerprint density at radius 2 is 1.74 bits per heavy atom. The van der Waals surface area contributed by atoms with Gasteiger partial charge in [-0.15, -0.1) is 6.58 Å². The van der Waals surface area contributed by atoms with Crippen molar-refractivity contribution in [3.63, 3.8) is 0 Å². The predicted molar refractivity (Wildman–Crippen MR) is 216 cm³/mol. The van der Waals surface area contributed by atoms with Crippen molar-refractivity contribution in [2.24, 2.45) is 22.9 Å². The van der Waals surface area contributed by atoms with Gasteiger partial charge < -0.3 is 49.0 Å². The quantitative estimate of drug-likeness (QED) is 0.0760. The average Bonchev–Trinajstić information content (AvgIpc) is 3.72. The van der Waals surface area contributed by atoms with Crippen LogP contribution in [0.2, 0.25) is 0 Å². The van der Waals surface area contributed by atoms with Crippen molar-refractivity contribution < 1.29 is 48.3 Å². The molecule has 13 heteroatoms. The fraction of sp³-hybridized carbons (Fsp3) is 0.444. The molecule has 0 spiro atoms. The lowest BCUT2D eigenvalue weighted by Gasteiger charge is -2.59. The molecule has 0 aromatic heterocycles. The minimum Gasteiger partial charge on any atom is -0.459 e. The Kier molecular flexibility index (Phi) is 13.0. The second-order valence-electron chi connectivity index (χ2n) is 15.2. The minimum absolute atomic E-state index is 0.00733. The summed E-state index contributed by atoms with van der Waals surface area (Å²) in [5.74, 6) is -0.462. The van der Waals surface area contributed by atoms with E-state index in [1.165, 1.54) is 7.11 Å². The van der Waals surface area contributed by atoms with Crippen molar-refractivity contribution in [2.75, 3.05) is 40.8 Å². The number of rotatable bonds is 17. The molecule has 7 rings (SSSR count). The van der Waals surface area contributed by atoms with Gasteiger partial charge in [0.15, 0.2) is 11.5 Å². The maximum Gasteiger partial charge on any atom is 0.412 e. The largest absolute Gasteiger partial charge is 0.459 e. The second kappa shape index (κ2) is 18.5. The van der Waals surface area contributed by atoms with Crippen LogP contribution in [0.3, 0.4) is 0 Å². The Morgan fingerprint density at radius 3 is 2.50 bits per heavy atom. The summed E-state index contributed by atoms with van der Waals surface area (Å²) in [6, 6.07) is 19.4. The van der Waals surface area contributed by atoms with Crippen molar-refractivity contribution in [3.8, 4) is 23.0 Å². The molecule has 2 heterocycles. The van der Waals surface area contributed by atoms with Crippen LogP contribution in [0.5, 0.6) is 23.0 Å². The Balaban J connectivity index is 1.34. The lowest BCUT2D eigenvalue weighted by molar-refractivity contribution is -0.252. The molecule has 4 aliphatic rings. The first kappa shape index (κ1) is 40.8. The van der Waals surface area contributed by atoms with Gasteiger partial charge in [-0.1, -0.05) is 60.5 Å². The van der Waals surface area contributed by atoms with Gasteiger partial charge in [0.2, 0.25) is 12.6 Å². The molecule has 3 aromatic carbocycles. The number of oxime groups is 1. The van der Waals surface area contributed by atoms with E-state index in [9.17, 15) is 19.8 Å². The van der Waals surface area contributed by atoms with Gasteiger partial charge in [-0.3, -0.25) is 4.79 Å². The first-order chi connectivity index (χ1) is 28.3. The number of amides is 2. The van der Waals surface area contributed by atoms with Gasteiger partial charge in [-0.05, 0) is 85.1 Å². The minimum atomic E-state index is -1.42. The summed E-state index contributed by atoms with van der Waals surface area (Å²) in [5, 5.41) is 27.1. The molecule has 0 unspecified atom stereocenters. The molecule has 1 saturated carbocycles. The first-order valence-corrected chi connectivity index (χ1v) is 20.1. The molecule has 2 amide bonds. The van der Waals surface area contributed by atoms with E-state index in [0.717, 1.165) is 42.4 Å². The van der Waals surface area contributed by atoms with Crippen LogP contribution in [-0.2, 0) is 16.1 Å². The molecule has 308 valence electrons. The predicted octanol–water partition coefficient (Wildman–Crippen LogP) is 6.74. The number of unbranched alkanes of at least 4 members (excludes halogenated alkanes) is 2. The van der Waals surface area contributed by atoms with Gasteiger partial charge in [-0.25, -0.2) is 4.79 Å². The highest BCUT2D eigenvalue weighted by Gasteiger charge is 2.65. The van der Waals surface area contributed by atoms with Crippen LogP contribution in [0, 0.1) is 17.8 Å². The third-order valence-electron chi connectivity index (χ3n) is 11.7. The van der Waals surface area contributed by atoms with Crippen molar-refractivity contribution >= 4 is 17.7 Å². The number of nitrogens with one attached hydrogen (secondary N) is 1. The Morgan fingerprint density at radius 1 is 0.983 bits per heavy atom. The van der Waals surface area contributed by atoms with E-state index in [2.05, 4.69) is 23.1 Å². The van der Waals surface area contributed by atoms with Gasteiger partial charge in [0.25, 0.3) is 5.91 Å². The maximum atomic E-state index is 14.5. The zero-order chi connectivity index (χ0) is 40.6. The number of hydrogen-bond acceptors (Lipinski definition) is 11. The van der Waals surface area contributed by atoms with Crippen molar-refractivity contribution in [3.05, 3.63) is 108 Å². The number of likely N-dealkylation sites (N-methyl/N-ethyl adjacent to an activating group) is 1. The molecule has 13 nitrogen and oxygen atoms in total. The summed E-state index contributed by atoms with van der Waals surface area (Å²) in [5.41, 5.74) is 3.76. The number of allylic oxidation sites excluding steroid dienone is 1. The van der Waals surface area contributed by atoms with E-state index in [4.69, 9.17) is 28.5 Å². The van der Waals surface area contributed by atoms with E-state index < -0.39 is 23.8 Å². The van der Waals surface area contributed by atoms with Crippen LogP contribution >= 0.6 is 0 Å². The molecule has 1 fully saturated rings. The van der Waals surface area contributed by atoms with Crippen LogP contribution in [-0.4, -0.2) is 85.4 Å². The van der Waals surface area contributed by atoms with Crippen molar-refractivity contribution in [2.45, 2.75) is 69.2 Å². The Hall–Kier alpha value is -5.37. The highest BCUT2D eigenvalue weighted by molar-refractivity contribution is 6.03. The number of aliphatic hydroxyl groups is 2. The lowest BCUT2D eigenvalue weighted by Crippen LogP contribution is -2.69. The van der Waals surface area contributed by atoms with Gasteiger partial charge in [0, 0.05) is 50.3 Å². The highest BCUT2D eigenvalue weighted by Crippen LogP contribution is 2.62. The first-order valence-electron chi connectivity index (χ1n) is 20.1. The fourth-order valence-electron chi connectivity index (χ4n) is 9.19. The monoisotopic (exact) mass is 795 g/mol. The van der Waals surface area contributed by atoms with E-state index in [1.54, 1.807) is 42.3 Å². The molecule has 0 saturated heterocycles. The van der Waals surface area contributed by atoms with Gasteiger partial charge in [0.05, 0.1) is 18.2 Å². The molecule has 2 aliphatic heterocycles. The van der Waals surface area contributed by atoms with Gasteiger partial charge in [0.1, 0.15) is 24.7 Å². The number of benzene rings is 3. The number of aliphatic hydroxyl groups excluding tert-OH is 2. The summed E-state index contributed by atoms with van der Waals surface area (Å²) in [7, 11) is 3.25.